The minimum Gasteiger partial charge on any atom is -0.449 e. The third kappa shape index (κ3) is 1.64. The zero-order chi connectivity index (χ0) is 12.7. The molecule has 1 aromatic carbocycles. The van der Waals surface area contributed by atoms with Gasteiger partial charge in [0.1, 0.15) is 4.88 Å². The molecule has 2 aromatic heterocycles. The van der Waals surface area contributed by atoms with Crippen LogP contribution in [0.15, 0.2) is 34.2 Å². The first-order chi connectivity index (χ1) is 8.66. The maximum Gasteiger partial charge on any atom is 0.240 e. The van der Waals surface area contributed by atoms with Crippen LogP contribution in [0.5, 0.6) is 0 Å². The van der Waals surface area contributed by atoms with Crippen LogP contribution in [0.25, 0.3) is 11.0 Å². The van der Waals surface area contributed by atoms with Crippen molar-refractivity contribution in [2.45, 2.75) is 6.92 Å². The molecule has 3 nitrogen and oxygen atoms in total. The van der Waals surface area contributed by atoms with E-state index in [1.807, 2.05) is 0 Å². The van der Waals surface area contributed by atoms with Crippen LogP contribution in [-0.2, 0) is 0 Å². The second-order valence-corrected chi connectivity index (χ2v) is 4.72. The lowest BCUT2D eigenvalue weighted by atomic mass is 10.2. The summed E-state index contributed by atoms with van der Waals surface area (Å²) in [6.07, 6.45) is 0. The Morgan fingerprint density at radius 1 is 1.44 bits per heavy atom. The average Bonchev–Trinajstić information content (AvgIpc) is 2.95. The van der Waals surface area contributed by atoms with Gasteiger partial charge in [-0.05, 0) is 19.1 Å². The number of ketones is 1. The molecule has 0 saturated carbocycles. The molecular formula is C13H8FNO2S. The van der Waals surface area contributed by atoms with Gasteiger partial charge in [-0.25, -0.2) is 9.37 Å². The van der Waals surface area contributed by atoms with Gasteiger partial charge in [0.25, 0.3) is 0 Å². The van der Waals surface area contributed by atoms with Crippen LogP contribution in [0.1, 0.15) is 21.1 Å². The van der Waals surface area contributed by atoms with Gasteiger partial charge >= 0.3 is 0 Å². The molecule has 90 valence electrons. The van der Waals surface area contributed by atoms with Gasteiger partial charge in [0.2, 0.25) is 5.78 Å². The number of hydrogen-bond donors (Lipinski definition) is 0. The highest BCUT2D eigenvalue weighted by Gasteiger charge is 2.19. The third-order valence-corrected chi connectivity index (χ3v) is 3.60. The Balaban J connectivity index is 2.13. The summed E-state index contributed by atoms with van der Waals surface area (Å²) in [7, 11) is 0. The van der Waals surface area contributed by atoms with Gasteiger partial charge < -0.3 is 4.42 Å². The molecule has 5 heteroatoms. The number of benzene rings is 1. The molecule has 0 aliphatic rings. The van der Waals surface area contributed by atoms with E-state index in [0.29, 0.717) is 16.0 Å². The molecule has 0 saturated heterocycles. The number of hydrogen-bond acceptors (Lipinski definition) is 4. The molecule has 0 bridgehead atoms. The lowest BCUT2D eigenvalue weighted by Gasteiger charge is -1.93. The smallest absolute Gasteiger partial charge is 0.240 e. The van der Waals surface area contributed by atoms with Gasteiger partial charge in [-0.15, -0.1) is 11.3 Å². The molecule has 0 unspecified atom stereocenters. The average molecular weight is 261 g/mol. The summed E-state index contributed by atoms with van der Waals surface area (Å²) in [6.45, 7) is 1.76. The number of halogens is 1. The molecule has 0 aliphatic heterocycles. The van der Waals surface area contributed by atoms with Crippen LogP contribution in [0.3, 0.4) is 0 Å². The summed E-state index contributed by atoms with van der Waals surface area (Å²) < 4.78 is 18.8. The van der Waals surface area contributed by atoms with Crippen molar-refractivity contribution in [1.29, 1.82) is 0 Å². The lowest BCUT2D eigenvalue weighted by Crippen LogP contribution is -1.98. The second kappa shape index (κ2) is 4.03. The maximum atomic E-state index is 13.5. The summed E-state index contributed by atoms with van der Waals surface area (Å²) >= 11 is 1.25. The Morgan fingerprint density at radius 2 is 2.28 bits per heavy atom. The van der Waals surface area contributed by atoms with Crippen molar-refractivity contribution in [2.24, 2.45) is 0 Å². The second-order valence-electron chi connectivity index (χ2n) is 3.86. The lowest BCUT2D eigenvalue weighted by molar-refractivity contribution is 0.101. The first-order valence-corrected chi connectivity index (χ1v) is 6.17. The molecule has 0 aliphatic carbocycles. The topological polar surface area (TPSA) is 43.1 Å². The van der Waals surface area contributed by atoms with Crippen LogP contribution >= 0.6 is 11.3 Å². The van der Waals surface area contributed by atoms with Crippen LogP contribution < -0.4 is 0 Å². The molecule has 0 spiro atoms. The van der Waals surface area contributed by atoms with Crippen molar-refractivity contribution in [3.05, 3.63) is 51.9 Å². The Bertz CT molecular complexity index is 744. The fourth-order valence-corrected chi connectivity index (χ4v) is 2.52. The number of carbonyl (C=O) groups is 1. The Morgan fingerprint density at radius 3 is 2.94 bits per heavy atom. The van der Waals surface area contributed by atoms with Crippen LogP contribution in [0.4, 0.5) is 4.39 Å². The van der Waals surface area contributed by atoms with Gasteiger partial charge in [-0.2, -0.15) is 0 Å². The number of fused-ring (bicyclic) bond motifs is 1. The van der Waals surface area contributed by atoms with Crippen LogP contribution in [-0.4, -0.2) is 10.8 Å². The van der Waals surface area contributed by atoms with E-state index in [1.54, 1.807) is 30.6 Å². The zero-order valence-electron chi connectivity index (χ0n) is 9.44. The Labute approximate surface area is 106 Å². The van der Waals surface area contributed by atoms with E-state index in [4.69, 9.17) is 4.42 Å². The van der Waals surface area contributed by atoms with Crippen molar-refractivity contribution >= 4 is 28.1 Å². The summed E-state index contributed by atoms with van der Waals surface area (Å²) in [4.78, 5) is 16.7. The summed E-state index contributed by atoms with van der Waals surface area (Å²) in [5, 5.41) is 0.584. The van der Waals surface area contributed by atoms with E-state index in [9.17, 15) is 9.18 Å². The first-order valence-electron chi connectivity index (χ1n) is 5.29. The van der Waals surface area contributed by atoms with E-state index in [1.165, 1.54) is 17.4 Å². The first kappa shape index (κ1) is 11.1. The summed E-state index contributed by atoms with van der Waals surface area (Å²) in [5.74, 6) is -0.583. The van der Waals surface area contributed by atoms with E-state index in [0.717, 1.165) is 0 Å². The number of para-hydroxylation sites is 1. The van der Waals surface area contributed by atoms with Crippen molar-refractivity contribution in [1.82, 2.24) is 4.98 Å². The fourth-order valence-electron chi connectivity index (χ4n) is 1.77. The molecule has 0 radical (unpaired) electrons. The molecular weight excluding hydrogens is 253 g/mol. The highest BCUT2D eigenvalue weighted by atomic mass is 32.1. The number of carbonyl (C=O) groups excluding carboxylic acids is 1. The van der Waals surface area contributed by atoms with Crippen molar-refractivity contribution in [3.63, 3.8) is 0 Å². The van der Waals surface area contributed by atoms with Gasteiger partial charge in [0.05, 0.1) is 11.2 Å². The molecule has 0 amide bonds. The largest absolute Gasteiger partial charge is 0.449 e. The van der Waals surface area contributed by atoms with Crippen molar-refractivity contribution in [3.8, 4) is 0 Å². The highest BCUT2D eigenvalue weighted by molar-refractivity contribution is 7.12. The van der Waals surface area contributed by atoms with Gasteiger partial charge in [-0.1, -0.05) is 12.1 Å². The number of furan rings is 1. The normalized spacial score (nSPS) is 11.0. The number of thiazole rings is 1. The Hall–Kier alpha value is -2.01. The highest BCUT2D eigenvalue weighted by Crippen LogP contribution is 2.25. The van der Waals surface area contributed by atoms with Gasteiger partial charge in [0, 0.05) is 5.39 Å². The maximum absolute atomic E-state index is 13.5. The van der Waals surface area contributed by atoms with E-state index >= 15 is 0 Å². The van der Waals surface area contributed by atoms with E-state index < -0.39 is 5.82 Å². The van der Waals surface area contributed by atoms with Crippen LogP contribution in [0.2, 0.25) is 0 Å². The summed E-state index contributed by atoms with van der Waals surface area (Å²) in [5.41, 5.74) is 2.38. The molecule has 3 rings (SSSR count). The van der Waals surface area contributed by atoms with E-state index in [2.05, 4.69) is 4.98 Å². The minimum atomic E-state index is -0.465. The molecule has 0 fully saturated rings. The monoisotopic (exact) mass is 261 g/mol. The summed E-state index contributed by atoms with van der Waals surface area (Å²) in [6, 6.07) is 6.15. The minimum absolute atomic E-state index is 0.114. The van der Waals surface area contributed by atoms with E-state index in [-0.39, 0.29) is 17.1 Å². The molecule has 2 heterocycles. The Kier molecular flexibility index (Phi) is 2.48. The predicted octanol–water partition coefficient (Wildman–Crippen LogP) is 3.57. The van der Waals surface area contributed by atoms with Gasteiger partial charge in [0.15, 0.2) is 17.2 Å². The molecule has 3 aromatic rings. The number of aryl methyl sites for hydroxylation is 1. The number of aromatic nitrogens is 1. The molecule has 0 N–H and O–H groups in total. The van der Waals surface area contributed by atoms with Crippen molar-refractivity contribution < 1.29 is 13.6 Å². The fraction of sp³-hybridized carbons (Fsp3) is 0.0769. The number of rotatable bonds is 2. The molecule has 0 atom stereocenters. The standard InChI is InChI=1S/C13H8FNO2S/c1-7-13(18-6-15-7)11(16)10-5-8-3-2-4-9(14)12(8)17-10/h2-6H,1H3. The SMILES string of the molecule is Cc1ncsc1C(=O)c1cc2cccc(F)c2o1. The number of nitrogens with zero attached hydrogens (tertiary/aromatic N) is 1. The van der Waals surface area contributed by atoms with Gasteiger partial charge in [-0.3, -0.25) is 4.79 Å². The predicted molar refractivity (Wildman–Crippen MR) is 66.5 cm³/mol. The van der Waals surface area contributed by atoms with Crippen LogP contribution in [0, 0.1) is 12.7 Å². The quantitative estimate of drug-likeness (QED) is 0.662. The van der Waals surface area contributed by atoms with Crippen molar-refractivity contribution in [2.75, 3.05) is 0 Å². The molecule has 18 heavy (non-hydrogen) atoms. The zero-order valence-corrected chi connectivity index (χ0v) is 10.3. The third-order valence-electron chi connectivity index (χ3n) is 2.67.